The van der Waals surface area contributed by atoms with Crippen LogP contribution in [0.25, 0.3) is 17.4 Å². The molecular formula is C16H13BrO5. The second-order valence-corrected chi connectivity index (χ2v) is 5.17. The van der Waals surface area contributed by atoms with Crippen molar-refractivity contribution < 1.29 is 23.5 Å². The van der Waals surface area contributed by atoms with Crippen LogP contribution in [0, 0.1) is 0 Å². The molecule has 2 rings (SSSR count). The van der Waals surface area contributed by atoms with Crippen LogP contribution >= 0.6 is 15.9 Å². The molecule has 0 amide bonds. The first-order valence-corrected chi connectivity index (χ1v) is 7.08. The van der Waals surface area contributed by atoms with Crippen molar-refractivity contribution in [3.63, 3.8) is 0 Å². The van der Waals surface area contributed by atoms with Crippen LogP contribution in [0.2, 0.25) is 0 Å². The number of carbonyl (C=O) groups excluding carboxylic acids is 2. The standard InChI is InChI=1S/C16H13BrO5/c1-20-15(18)13(16(19)21-2)9-12-7-8-14(22-12)10-3-5-11(17)6-4-10/h3-9H,1-2H3. The van der Waals surface area contributed by atoms with Gasteiger partial charge in [0.25, 0.3) is 0 Å². The topological polar surface area (TPSA) is 65.7 Å². The van der Waals surface area contributed by atoms with E-state index in [-0.39, 0.29) is 5.57 Å². The monoisotopic (exact) mass is 364 g/mol. The van der Waals surface area contributed by atoms with Gasteiger partial charge in [0.15, 0.2) is 0 Å². The minimum Gasteiger partial charge on any atom is -0.465 e. The highest BCUT2D eigenvalue weighted by Crippen LogP contribution is 2.25. The van der Waals surface area contributed by atoms with Crippen LogP contribution in [0.1, 0.15) is 5.76 Å². The predicted molar refractivity (Wildman–Crippen MR) is 83.9 cm³/mol. The van der Waals surface area contributed by atoms with Gasteiger partial charge in [0.2, 0.25) is 0 Å². The van der Waals surface area contributed by atoms with E-state index in [1.54, 1.807) is 12.1 Å². The number of esters is 2. The number of halogens is 1. The summed E-state index contributed by atoms with van der Waals surface area (Å²) < 4.78 is 15.7. The second kappa shape index (κ2) is 7.09. The third-order valence-electron chi connectivity index (χ3n) is 2.85. The van der Waals surface area contributed by atoms with Crippen molar-refractivity contribution in [3.8, 4) is 11.3 Å². The number of carbonyl (C=O) groups is 2. The molecule has 0 saturated carbocycles. The fraction of sp³-hybridized carbons (Fsp3) is 0.125. The molecule has 0 aliphatic heterocycles. The minimum absolute atomic E-state index is 0.235. The third-order valence-corrected chi connectivity index (χ3v) is 3.38. The summed E-state index contributed by atoms with van der Waals surface area (Å²) in [5.41, 5.74) is 0.641. The summed E-state index contributed by atoms with van der Waals surface area (Å²) in [6.07, 6.45) is 1.29. The van der Waals surface area contributed by atoms with E-state index in [9.17, 15) is 9.59 Å². The molecule has 0 unspecified atom stereocenters. The summed E-state index contributed by atoms with van der Waals surface area (Å²) in [6, 6.07) is 11.0. The van der Waals surface area contributed by atoms with E-state index in [1.807, 2.05) is 24.3 Å². The molecule has 6 heteroatoms. The average molecular weight is 365 g/mol. The highest BCUT2D eigenvalue weighted by Gasteiger charge is 2.20. The molecule has 0 fully saturated rings. The minimum atomic E-state index is -0.784. The zero-order valence-corrected chi connectivity index (χ0v) is 13.5. The Morgan fingerprint density at radius 2 is 1.59 bits per heavy atom. The van der Waals surface area contributed by atoms with E-state index in [1.165, 1.54) is 20.3 Å². The lowest BCUT2D eigenvalue weighted by Crippen LogP contribution is -2.15. The molecule has 0 spiro atoms. The summed E-state index contributed by atoms with van der Waals surface area (Å²) in [7, 11) is 2.38. The van der Waals surface area contributed by atoms with Crippen LogP contribution in [0.3, 0.4) is 0 Å². The van der Waals surface area contributed by atoms with E-state index in [2.05, 4.69) is 25.4 Å². The Bertz CT molecular complexity index is 694. The van der Waals surface area contributed by atoms with Gasteiger partial charge < -0.3 is 13.9 Å². The van der Waals surface area contributed by atoms with Gasteiger partial charge in [-0.25, -0.2) is 9.59 Å². The Morgan fingerprint density at radius 3 is 2.14 bits per heavy atom. The largest absolute Gasteiger partial charge is 0.465 e. The van der Waals surface area contributed by atoms with Crippen LogP contribution < -0.4 is 0 Å². The molecule has 0 aliphatic rings. The summed E-state index contributed by atoms with van der Waals surface area (Å²) in [5.74, 6) is -0.599. The van der Waals surface area contributed by atoms with Gasteiger partial charge in [-0.3, -0.25) is 0 Å². The lowest BCUT2D eigenvalue weighted by Gasteiger charge is -2.02. The van der Waals surface area contributed by atoms with Gasteiger partial charge in [-0.1, -0.05) is 28.1 Å². The van der Waals surface area contributed by atoms with Gasteiger partial charge >= 0.3 is 11.9 Å². The summed E-state index contributed by atoms with van der Waals surface area (Å²) in [4.78, 5) is 23.2. The maximum Gasteiger partial charge on any atom is 0.345 e. The van der Waals surface area contributed by atoms with E-state index < -0.39 is 11.9 Å². The van der Waals surface area contributed by atoms with Crippen molar-refractivity contribution >= 4 is 33.9 Å². The van der Waals surface area contributed by atoms with Gasteiger partial charge in [-0.15, -0.1) is 0 Å². The van der Waals surface area contributed by atoms with Crippen LogP contribution in [-0.2, 0) is 19.1 Å². The van der Waals surface area contributed by atoms with Crippen LogP contribution in [0.5, 0.6) is 0 Å². The van der Waals surface area contributed by atoms with Gasteiger partial charge in [-0.2, -0.15) is 0 Å². The average Bonchev–Trinajstić information content (AvgIpc) is 3.00. The Morgan fingerprint density at radius 1 is 1.00 bits per heavy atom. The van der Waals surface area contributed by atoms with Crippen LogP contribution in [-0.4, -0.2) is 26.2 Å². The number of benzene rings is 1. The molecule has 114 valence electrons. The zero-order chi connectivity index (χ0) is 16.1. The van der Waals surface area contributed by atoms with Gasteiger partial charge in [0, 0.05) is 16.1 Å². The lowest BCUT2D eigenvalue weighted by atomic mass is 10.2. The number of rotatable bonds is 4. The van der Waals surface area contributed by atoms with Crippen molar-refractivity contribution in [2.45, 2.75) is 0 Å². The van der Waals surface area contributed by atoms with Crippen molar-refractivity contribution in [2.75, 3.05) is 14.2 Å². The van der Waals surface area contributed by atoms with Crippen molar-refractivity contribution in [2.24, 2.45) is 0 Å². The zero-order valence-electron chi connectivity index (χ0n) is 12.0. The Labute approximate surface area is 135 Å². The first kappa shape index (κ1) is 16.0. The molecule has 0 N–H and O–H groups in total. The quantitative estimate of drug-likeness (QED) is 0.359. The van der Waals surface area contributed by atoms with E-state index in [4.69, 9.17) is 4.42 Å². The highest BCUT2D eigenvalue weighted by molar-refractivity contribution is 9.10. The molecular weight excluding hydrogens is 352 g/mol. The number of hydrogen-bond acceptors (Lipinski definition) is 5. The molecule has 0 bridgehead atoms. The maximum absolute atomic E-state index is 11.6. The van der Waals surface area contributed by atoms with Crippen LogP contribution in [0.15, 0.2) is 50.9 Å². The Kier molecular flexibility index (Phi) is 5.16. The molecule has 5 nitrogen and oxygen atoms in total. The van der Waals surface area contributed by atoms with Crippen molar-refractivity contribution in [1.29, 1.82) is 0 Å². The highest BCUT2D eigenvalue weighted by atomic mass is 79.9. The van der Waals surface area contributed by atoms with E-state index in [0.717, 1.165) is 10.0 Å². The first-order chi connectivity index (χ1) is 10.5. The molecule has 0 radical (unpaired) electrons. The van der Waals surface area contributed by atoms with Crippen molar-refractivity contribution in [3.05, 3.63) is 52.2 Å². The number of furan rings is 1. The molecule has 1 heterocycles. The summed E-state index contributed by atoms with van der Waals surface area (Å²) in [6.45, 7) is 0. The molecule has 2 aromatic rings. The van der Waals surface area contributed by atoms with Crippen molar-refractivity contribution in [1.82, 2.24) is 0 Å². The number of methoxy groups -OCH3 is 2. The van der Waals surface area contributed by atoms with E-state index in [0.29, 0.717) is 11.5 Å². The smallest absolute Gasteiger partial charge is 0.345 e. The fourth-order valence-corrected chi connectivity index (χ4v) is 2.03. The predicted octanol–water partition coefficient (Wildman–Crippen LogP) is 3.44. The van der Waals surface area contributed by atoms with Gasteiger partial charge in [-0.05, 0) is 24.3 Å². The third kappa shape index (κ3) is 3.65. The number of ether oxygens (including phenoxy) is 2. The number of hydrogen-bond donors (Lipinski definition) is 0. The molecule has 0 saturated heterocycles. The molecule has 0 atom stereocenters. The molecule has 1 aromatic carbocycles. The lowest BCUT2D eigenvalue weighted by molar-refractivity contribution is -0.143. The van der Waals surface area contributed by atoms with E-state index >= 15 is 0 Å². The molecule has 22 heavy (non-hydrogen) atoms. The Hall–Kier alpha value is -2.34. The molecule has 0 aliphatic carbocycles. The normalized spacial score (nSPS) is 9.95. The first-order valence-electron chi connectivity index (χ1n) is 6.29. The second-order valence-electron chi connectivity index (χ2n) is 4.25. The SMILES string of the molecule is COC(=O)C(=Cc1ccc(-c2ccc(Br)cc2)o1)C(=O)OC. The van der Waals surface area contributed by atoms with Gasteiger partial charge in [0.1, 0.15) is 17.1 Å². The summed E-state index contributed by atoms with van der Waals surface area (Å²) in [5, 5.41) is 0. The maximum atomic E-state index is 11.6. The molecule has 1 aromatic heterocycles. The summed E-state index contributed by atoms with van der Waals surface area (Å²) >= 11 is 3.36. The Balaban J connectivity index is 2.33. The van der Waals surface area contributed by atoms with Gasteiger partial charge in [0.05, 0.1) is 14.2 Å². The van der Waals surface area contributed by atoms with Crippen LogP contribution in [0.4, 0.5) is 0 Å². The fourth-order valence-electron chi connectivity index (χ4n) is 1.76.